The Morgan fingerprint density at radius 2 is 1.17 bits per heavy atom. The van der Waals surface area contributed by atoms with E-state index >= 15 is 0 Å². The van der Waals surface area contributed by atoms with E-state index in [4.69, 9.17) is 19.7 Å². The van der Waals surface area contributed by atoms with E-state index in [2.05, 4.69) is 5.43 Å². The molecule has 0 aliphatic carbocycles. The first-order valence-corrected chi connectivity index (χ1v) is 12.9. The smallest absolute Gasteiger partial charge is 0.321 e. The Hall–Kier alpha value is -3.13. The summed E-state index contributed by atoms with van der Waals surface area (Å²) in [5.74, 6) is 4.59. The van der Waals surface area contributed by atoms with Crippen molar-refractivity contribution in [1.29, 1.82) is 0 Å². The van der Waals surface area contributed by atoms with Crippen molar-refractivity contribution in [3.05, 3.63) is 95.6 Å². The van der Waals surface area contributed by atoms with Gasteiger partial charge in [0.25, 0.3) is 20.2 Å². The Morgan fingerprint density at radius 1 is 0.771 bits per heavy atom. The van der Waals surface area contributed by atoms with Gasteiger partial charge in [0, 0.05) is 0 Å². The van der Waals surface area contributed by atoms with Crippen LogP contribution in [0.3, 0.4) is 0 Å². The average Bonchev–Trinajstić information content (AvgIpc) is 2.79. The van der Waals surface area contributed by atoms with E-state index in [1.165, 1.54) is 24.3 Å². The number of hydrogen-bond acceptors (Lipinski definition) is 8. The fraction of sp³-hybridized carbons (Fsp3) is 0.174. The molecule has 0 radical (unpaired) electrons. The topological polar surface area (TPSA) is 173 Å². The van der Waals surface area contributed by atoms with E-state index < -0.39 is 20.2 Å². The molecule has 0 atom stereocenters. The highest BCUT2D eigenvalue weighted by molar-refractivity contribution is 7.86. The molecule has 0 saturated heterocycles. The molecular weight excluding hydrogens is 496 g/mol. The lowest BCUT2D eigenvalue weighted by Gasteiger charge is -2.03. The summed E-state index contributed by atoms with van der Waals surface area (Å²) in [5.41, 5.74) is 5.11. The van der Waals surface area contributed by atoms with E-state index in [1.807, 2.05) is 44.2 Å². The van der Waals surface area contributed by atoms with E-state index in [9.17, 15) is 21.6 Å². The average molecular weight is 525 g/mol. The first-order chi connectivity index (χ1) is 16.3. The first-order valence-electron chi connectivity index (χ1n) is 10.0. The number of carbonyl (C=O) groups is 1. The van der Waals surface area contributed by atoms with Gasteiger partial charge in [0.2, 0.25) is 0 Å². The zero-order valence-corrected chi connectivity index (χ0v) is 20.8. The zero-order valence-electron chi connectivity index (χ0n) is 19.2. The molecule has 0 aromatic heterocycles. The van der Waals surface area contributed by atoms with Gasteiger partial charge in [-0.1, -0.05) is 65.7 Å². The maximum atomic E-state index is 10.9. The second kappa shape index (κ2) is 14.3. The highest BCUT2D eigenvalue weighted by Crippen LogP contribution is 2.09. The maximum Gasteiger partial charge on any atom is 0.321 e. The SMILES string of the molecule is Cc1ccc(S(=O)(=O)O)cc1.Cc1ccc(S(=O)(=O)O)cc1.NNCC(=O)OCc1ccccc1. The molecule has 12 heteroatoms. The summed E-state index contributed by atoms with van der Waals surface area (Å²) in [6.45, 7) is 4.01. The summed E-state index contributed by atoms with van der Waals surface area (Å²) in [4.78, 5) is 10.7. The summed E-state index contributed by atoms with van der Waals surface area (Å²) in [6, 6.07) is 21.5. The molecule has 0 aliphatic heterocycles. The zero-order chi connectivity index (χ0) is 26.5. The van der Waals surface area contributed by atoms with Gasteiger partial charge in [-0.2, -0.15) is 16.8 Å². The van der Waals surface area contributed by atoms with Crippen LogP contribution in [0.1, 0.15) is 16.7 Å². The molecule has 0 spiro atoms. The lowest BCUT2D eigenvalue weighted by molar-refractivity contribution is -0.143. The van der Waals surface area contributed by atoms with Gasteiger partial charge in [-0.05, 0) is 43.7 Å². The van der Waals surface area contributed by atoms with E-state index in [0.29, 0.717) is 6.61 Å². The Bertz CT molecular complexity index is 1190. The van der Waals surface area contributed by atoms with Crippen LogP contribution in [-0.4, -0.2) is 38.5 Å². The number of ether oxygens (including phenoxy) is 1. The number of hydrogen-bond donors (Lipinski definition) is 4. The summed E-state index contributed by atoms with van der Waals surface area (Å²) in [7, 11) is -8.04. The molecule has 10 nitrogen and oxygen atoms in total. The summed E-state index contributed by atoms with van der Waals surface area (Å²) < 4.78 is 64.0. The van der Waals surface area contributed by atoms with Gasteiger partial charge in [0.15, 0.2) is 0 Å². The van der Waals surface area contributed by atoms with E-state index in [0.717, 1.165) is 16.7 Å². The van der Waals surface area contributed by atoms with Crippen molar-refractivity contribution in [2.24, 2.45) is 5.84 Å². The molecule has 3 rings (SSSR count). The normalized spacial score (nSPS) is 10.8. The third-order valence-corrected chi connectivity index (χ3v) is 5.86. The van der Waals surface area contributed by atoms with Crippen LogP contribution in [0.4, 0.5) is 0 Å². The Labute approximate surface area is 205 Å². The monoisotopic (exact) mass is 524 g/mol. The molecule has 0 amide bonds. The highest BCUT2D eigenvalue weighted by Gasteiger charge is 2.07. The number of esters is 1. The predicted molar refractivity (Wildman–Crippen MR) is 130 cm³/mol. The Morgan fingerprint density at radius 3 is 1.51 bits per heavy atom. The molecular formula is C23H28N2O8S2. The minimum atomic E-state index is -4.02. The van der Waals surface area contributed by atoms with Crippen molar-refractivity contribution in [3.63, 3.8) is 0 Å². The fourth-order valence-corrected chi connectivity index (χ4v) is 3.25. The first kappa shape index (κ1) is 29.9. The molecule has 3 aromatic rings. The lowest BCUT2D eigenvalue weighted by atomic mass is 10.2. The summed E-state index contributed by atoms with van der Waals surface area (Å²) in [6.07, 6.45) is 0. The van der Waals surface area contributed by atoms with Crippen LogP contribution >= 0.6 is 0 Å². The van der Waals surface area contributed by atoms with Crippen LogP contribution in [0, 0.1) is 13.8 Å². The Balaban J connectivity index is 0.000000264. The van der Waals surface area contributed by atoms with Crippen LogP contribution in [0.2, 0.25) is 0 Å². The molecule has 0 bridgehead atoms. The third-order valence-electron chi connectivity index (χ3n) is 4.13. The van der Waals surface area contributed by atoms with Crippen LogP contribution in [0.25, 0.3) is 0 Å². The van der Waals surface area contributed by atoms with Gasteiger partial charge in [-0.15, -0.1) is 0 Å². The standard InChI is InChI=1S/C9H12N2O2.2C7H8O3S/c10-11-6-9(12)13-7-8-4-2-1-3-5-8;2*1-6-2-4-7(5-3-6)11(8,9)10/h1-5,11H,6-7,10H2;2*2-5H,1H3,(H,8,9,10). The minimum absolute atomic E-state index is 0.0346. The summed E-state index contributed by atoms with van der Waals surface area (Å²) in [5, 5.41) is 0. The Kier molecular flexibility index (Phi) is 12.2. The second-order valence-corrected chi connectivity index (χ2v) is 9.95. The van der Waals surface area contributed by atoms with Crippen LogP contribution < -0.4 is 11.3 Å². The predicted octanol–water partition coefficient (Wildman–Crippen LogP) is 2.68. The van der Waals surface area contributed by atoms with Crippen molar-refractivity contribution in [2.75, 3.05) is 6.54 Å². The van der Waals surface area contributed by atoms with Gasteiger partial charge in [-0.25, -0.2) is 5.43 Å². The van der Waals surface area contributed by atoms with Crippen molar-refractivity contribution in [1.82, 2.24) is 5.43 Å². The second-order valence-electron chi connectivity index (χ2n) is 7.10. The number of nitrogens with two attached hydrogens (primary N) is 1. The molecule has 0 saturated carbocycles. The van der Waals surface area contributed by atoms with Crippen molar-refractivity contribution in [3.8, 4) is 0 Å². The molecule has 3 aromatic carbocycles. The number of rotatable bonds is 6. The maximum absolute atomic E-state index is 10.9. The largest absolute Gasteiger partial charge is 0.460 e. The van der Waals surface area contributed by atoms with Gasteiger partial charge in [-0.3, -0.25) is 19.7 Å². The lowest BCUT2D eigenvalue weighted by Crippen LogP contribution is -2.30. The fourth-order valence-electron chi connectivity index (χ4n) is 2.29. The molecule has 0 heterocycles. The van der Waals surface area contributed by atoms with Crippen LogP contribution in [-0.2, 0) is 36.4 Å². The highest BCUT2D eigenvalue weighted by atomic mass is 32.2. The van der Waals surface area contributed by atoms with Gasteiger partial charge >= 0.3 is 5.97 Å². The number of carbonyl (C=O) groups excluding carboxylic acids is 1. The molecule has 5 N–H and O–H groups in total. The number of aryl methyl sites for hydroxylation is 2. The number of benzene rings is 3. The minimum Gasteiger partial charge on any atom is -0.460 e. The quantitative estimate of drug-likeness (QED) is 0.162. The van der Waals surface area contributed by atoms with Crippen molar-refractivity contribution >= 4 is 26.2 Å². The van der Waals surface area contributed by atoms with Gasteiger partial charge in [0.1, 0.15) is 13.2 Å². The summed E-state index contributed by atoms with van der Waals surface area (Å²) >= 11 is 0. The van der Waals surface area contributed by atoms with Crippen molar-refractivity contribution < 1.29 is 35.5 Å². The third kappa shape index (κ3) is 12.8. The van der Waals surface area contributed by atoms with Gasteiger partial charge < -0.3 is 4.74 Å². The molecule has 0 unspecified atom stereocenters. The van der Waals surface area contributed by atoms with Crippen LogP contribution in [0.15, 0.2) is 88.7 Å². The van der Waals surface area contributed by atoms with Gasteiger partial charge in [0.05, 0.1) is 9.79 Å². The van der Waals surface area contributed by atoms with E-state index in [-0.39, 0.29) is 22.3 Å². The molecule has 0 fully saturated rings. The van der Waals surface area contributed by atoms with E-state index in [1.54, 1.807) is 24.3 Å². The number of hydrazine groups is 1. The van der Waals surface area contributed by atoms with Crippen LogP contribution in [0.5, 0.6) is 0 Å². The molecule has 0 aliphatic rings. The molecule has 35 heavy (non-hydrogen) atoms. The molecule has 190 valence electrons. The van der Waals surface area contributed by atoms with Crippen molar-refractivity contribution in [2.45, 2.75) is 30.2 Å². The number of nitrogens with one attached hydrogen (secondary N) is 1.